The van der Waals surface area contributed by atoms with E-state index in [1.807, 2.05) is 0 Å². The molecule has 0 aliphatic carbocycles. The van der Waals surface area contributed by atoms with E-state index in [0.717, 1.165) is 6.07 Å². The Kier molecular flexibility index (Phi) is 4.29. The van der Waals surface area contributed by atoms with Gasteiger partial charge in [0, 0.05) is 0 Å². The van der Waals surface area contributed by atoms with Crippen LogP contribution >= 0.6 is 12.6 Å². The van der Waals surface area contributed by atoms with E-state index >= 15 is 0 Å². The van der Waals surface area contributed by atoms with E-state index in [1.165, 1.54) is 18.2 Å². The maximum Gasteiger partial charge on any atom is 0.417 e. The normalized spacial score (nSPS) is 12.2. The summed E-state index contributed by atoms with van der Waals surface area (Å²) in [6, 6.07) is 3.20. The Morgan fingerprint density at radius 2 is 2.00 bits per heavy atom. The van der Waals surface area contributed by atoms with E-state index in [4.69, 9.17) is 5.11 Å². The third-order valence-corrected chi connectivity index (χ3v) is 2.19. The van der Waals surface area contributed by atoms with Crippen LogP contribution in [0.25, 0.3) is 6.08 Å². The summed E-state index contributed by atoms with van der Waals surface area (Å²) < 4.78 is 37.7. The lowest BCUT2D eigenvalue weighted by Gasteiger charge is -2.10. The Bertz CT molecular complexity index is 385. The van der Waals surface area contributed by atoms with Gasteiger partial charge >= 0.3 is 6.18 Å². The monoisotopic (exact) mass is 248 g/mol. The summed E-state index contributed by atoms with van der Waals surface area (Å²) in [5.74, 6) is 0.189. The molecule has 0 aliphatic rings. The molecule has 5 heteroatoms. The van der Waals surface area contributed by atoms with Crippen LogP contribution in [0, 0.1) is 0 Å². The van der Waals surface area contributed by atoms with E-state index in [9.17, 15) is 13.2 Å². The lowest BCUT2D eigenvalue weighted by atomic mass is 10.1. The number of phenols is 1. The molecule has 0 radical (unpaired) electrons. The van der Waals surface area contributed by atoms with E-state index < -0.39 is 17.5 Å². The molecule has 0 fully saturated rings. The highest BCUT2D eigenvalue weighted by molar-refractivity contribution is 7.80. The Hall–Kier alpha value is -1.10. The first-order chi connectivity index (χ1) is 7.45. The topological polar surface area (TPSA) is 20.2 Å². The number of thiol groups is 1. The lowest BCUT2D eigenvalue weighted by Crippen LogP contribution is -2.06. The summed E-state index contributed by atoms with van der Waals surface area (Å²) in [5.41, 5.74) is -0.782. The quantitative estimate of drug-likeness (QED) is 0.781. The first-order valence-electron chi connectivity index (χ1n) is 4.63. The number of phenolic OH excluding ortho intramolecular Hbond substituents is 1. The molecule has 88 valence electrons. The van der Waals surface area contributed by atoms with Crippen LogP contribution in [0.2, 0.25) is 0 Å². The van der Waals surface area contributed by atoms with Crippen LogP contribution in [0.5, 0.6) is 5.75 Å². The van der Waals surface area contributed by atoms with Crippen molar-refractivity contribution in [3.63, 3.8) is 0 Å². The Morgan fingerprint density at radius 3 is 2.56 bits per heavy atom. The number of allylic oxidation sites excluding steroid dienone is 1. The summed E-state index contributed by atoms with van der Waals surface area (Å²) in [6.07, 6.45) is -0.853. The Morgan fingerprint density at radius 1 is 1.31 bits per heavy atom. The number of hydrogen-bond donors (Lipinski definition) is 2. The minimum absolute atomic E-state index is 0.0482. The molecule has 0 bridgehead atoms. The van der Waals surface area contributed by atoms with E-state index in [0.29, 0.717) is 12.2 Å². The van der Waals surface area contributed by atoms with Gasteiger partial charge in [-0.05, 0) is 29.9 Å². The van der Waals surface area contributed by atoms with Gasteiger partial charge in [0.1, 0.15) is 5.75 Å². The number of hydrogen-bond acceptors (Lipinski definition) is 2. The predicted octanol–water partition coefficient (Wildman–Crippen LogP) is 3.74. The van der Waals surface area contributed by atoms with Crippen molar-refractivity contribution in [2.24, 2.45) is 0 Å². The van der Waals surface area contributed by atoms with Crippen molar-refractivity contribution in [1.82, 2.24) is 0 Å². The summed E-state index contributed by atoms with van der Waals surface area (Å²) >= 11 is 3.95. The summed E-state index contributed by atoms with van der Waals surface area (Å²) in [7, 11) is 0. The summed E-state index contributed by atoms with van der Waals surface area (Å²) in [5, 5.41) is 9.04. The van der Waals surface area contributed by atoms with Crippen molar-refractivity contribution in [3.05, 3.63) is 35.4 Å². The fourth-order valence-electron chi connectivity index (χ4n) is 1.22. The highest BCUT2D eigenvalue weighted by Gasteiger charge is 2.33. The van der Waals surface area contributed by atoms with Gasteiger partial charge in [0.05, 0.1) is 5.56 Å². The third kappa shape index (κ3) is 3.48. The Labute approximate surface area is 97.0 Å². The van der Waals surface area contributed by atoms with Crippen molar-refractivity contribution in [3.8, 4) is 5.75 Å². The third-order valence-electron chi connectivity index (χ3n) is 1.94. The van der Waals surface area contributed by atoms with Crippen LogP contribution < -0.4 is 0 Å². The van der Waals surface area contributed by atoms with Gasteiger partial charge in [-0.3, -0.25) is 0 Å². The molecule has 0 unspecified atom stereocenters. The second-order valence-electron chi connectivity index (χ2n) is 3.18. The molecule has 0 saturated carbocycles. The first kappa shape index (κ1) is 13.0. The first-order valence-corrected chi connectivity index (χ1v) is 5.26. The highest BCUT2D eigenvalue weighted by Crippen LogP contribution is 2.34. The number of alkyl halides is 3. The molecule has 0 atom stereocenters. The van der Waals surface area contributed by atoms with Crippen LogP contribution in [0.1, 0.15) is 17.5 Å². The molecule has 0 saturated heterocycles. The maximum atomic E-state index is 12.6. The fraction of sp³-hybridized carbons (Fsp3) is 0.273. The highest BCUT2D eigenvalue weighted by atomic mass is 32.1. The SMILES string of the molecule is Oc1ccc(C=CCCS)c(C(F)(F)F)c1. The molecule has 0 amide bonds. The van der Waals surface area contributed by atoms with Gasteiger partial charge in [-0.15, -0.1) is 0 Å². The van der Waals surface area contributed by atoms with Gasteiger partial charge in [-0.1, -0.05) is 18.2 Å². The van der Waals surface area contributed by atoms with Gasteiger partial charge in [0.25, 0.3) is 0 Å². The second-order valence-corrected chi connectivity index (χ2v) is 3.63. The average molecular weight is 248 g/mol. The lowest BCUT2D eigenvalue weighted by molar-refractivity contribution is -0.137. The standard InChI is InChI=1S/C11H11F3OS/c12-11(13,14)10-7-9(15)5-4-8(10)3-1-2-6-16/h1,3-5,7,15-16H,2,6H2. The van der Waals surface area contributed by atoms with E-state index in [1.54, 1.807) is 6.08 Å². The molecule has 1 N–H and O–H groups in total. The van der Waals surface area contributed by atoms with Crippen molar-refractivity contribution in [1.29, 1.82) is 0 Å². The number of rotatable bonds is 3. The van der Waals surface area contributed by atoms with Crippen LogP contribution in [0.15, 0.2) is 24.3 Å². The molecule has 1 rings (SSSR count). The van der Waals surface area contributed by atoms with Crippen molar-refractivity contribution >= 4 is 18.7 Å². The Balaban J connectivity index is 3.08. The molecule has 1 nitrogen and oxygen atoms in total. The van der Waals surface area contributed by atoms with Gasteiger partial charge in [0.15, 0.2) is 0 Å². The maximum absolute atomic E-state index is 12.6. The van der Waals surface area contributed by atoms with Crippen LogP contribution in [0.4, 0.5) is 13.2 Å². The molecule has 0 spiro atoms. The zero-order valence-corrected chi connectivity index (χ0v) is 9.22. The molecule has 1 aromatic carbocycles. The van der Waals surface area contributed by atoms with Crippen LogP contribution in [-0.2, 0) is 6.18 Å². The molecule has 16 heavy (non-hydrogen) atoms. The van der Waals surface area contributed by atoms with Crippen molar-refractivity contribution < 1.29 is 18.3 Å². The smallest absolute Gasteiger partial charge is 0.417 e. The zero-order chi connectivity index (χ0) is 12.2. The molecule has 0 aromatic heterocycles. The zero-order valence-electron chi connectivity index (χ0n) is 8.33. The van der Waals surface area contributed by atoms with Gasteiger partial charge < -0.3 is 5.11 Å². The number of halogens is 3. The van der Waals surface area contributed by atoms with Crippen LogP contribution in [-0.4, -0.2) is 10.9 Å². The van der Waals surface area contributed by atoms with Gasteiger partial charge in [-0.2, -0.15) is 25.8 Å². The number of aromatic hydroxyl groups is 1. The fourth-order valence-corrected chi connectivity index (χ4v) is 1.37. The largest absolute Gasteiger partial charge is 0.508 e. The molecule has 0 aliphatic heterocycles. The van der Waals surface area contributed by atoms with Crippen molar-refractivity contribution in [2.45, 2.75) is 12.6 Å². The average Bonchev–Trinajstić information content (AvgIpc) is 2.19. The minimum atomic E-state index is -4.46. The molecule has 1 aromatic rings. The molecule has 0 heterocycles. The summed E-state index contributed by atoms with van der Waals surface area (Å²) in [4.78, 5) is 0. The predicted molar refractivity (Wildman–Crippen MR) is 60.6 cm³/mol. The molecular weight excluding hydrogens is 237 g/mol. The van der Waals surface area contributed by atoms with E-state index in [-0.39, 0.29) is 5.56 Å². The second kappa shape index (κ2) is 5.30. The van der Waals surface area contributed by atoms with E-state index in [2.05, 4.69) is 12.6 Å². The van der Waals surface area contributed by atoms with Crippen molar-refractivity contribution in [2.75, 3.05) is 5.75 Å². The minimum Gasteiger partial charge on any atom is -0.508 e. The van der Waals surface area contributed by atoms with Gasteiger partial charge in [0.2, 0.25) is 0 Å². The summed E-state index contributed by atoms with van der Waals surface area (Å²) in [6.45, 7) is 0. The van der Waals surface area contributed by atoms with Crippen LogP contribution in [0.3, 0.4) is 0 Å². The number of benzene rings is 1. The molecular formula is C11H11F3OS. The van der Waals surface area contributed by atoms with Gasteiger partial charge in [-0.25, -0.2) is 0 Å².